The van der Waals surface area contributed by atoms with E-state index in [4.69, 9.17) is 0 Å². The zero-order valence-electron chi connectivity index (χ0n) is 12.0. The molecule has 1 saturated heterocycles. The first kappa shape index (κ1) is 15.1. The number of anilines is 1. The molecule has 3 rings (SSSR count). The van der Waals surface area contributed by atoms with Gasteiger partial charge in [0.15, 0.2) is 0 Å². The summed E-state index contributed by atoms with van der Waals surface area (Å²) in [6.45, 7) is 1.17. The highest BCUT2D eigenvalue weighted by molar-refractivity contribution is 5.65. The summed E-state index contributed by atoms with van der Waals surface area (Å²) in [7, 11) is 0. The van der Waals surface area contributed by atoms with Crippen molar-refractivity contribution in [3.8, 4) is 0 Å². The fourth-order valence-electron chi connectivity index (χ4n) is 3.29. The molecular weight excluding hydrogens is 297 g/mol. The highest BCUT2D eigenvalue weighted by atomic mass is 19.4. The smallest absolute Gasteiger partial charge is 0.366 e. The molecule has 2 fully saturated rings. The van der Waals surface area contributed by atoms with Crippen molar-refractivity contribution in [3.05, 3.63) is 33.9 Å². The Hall–Kier alpha value is -1.79. The normalized spacial score (nSPS) is 20.2. The van der Waals surface area contributed by atoms with Crippen molar-refractivity contribution in [1.29, 1.82) is 0 Å². The molecule has 0 radical (unpaired) electrons. The first-order chi connectivity index (χ1) is 10.4. The van der Waals surface area contributed by atoms with Crippen LogP contribution in [0.3, 0.4) is 0 Å². The molecular formula is C15H17F3N2O2. The van der Waals surface area contributed by atoms with E-state index in [9.17, 15) is 23.3 Å². The highest BCUT2D eigenvalue weighted by Crippen LogP contribution is 2.43. The second-order valence-corrected chi connectivity index (χ2v) is 6.12. The van der Waals surface area contributed by atoms with Crippen LogP contribution in [0, 0.1) is 22.0 Å². The minimum absolute atomic E-state index is 0.0917. The average Bonchev–Trinajstić information content (AvgIpc) is 3.30. The maximum Gasteiger partial charge on any atom is 0.416 e. The first-order valence-corrected chi connectivity index (χ1v) is 7.47. The van der Waals surface area contributed by atoms with E-state index in [1.807, 2.05) is 0 Å². The van der Waals surface area contributed by atoms with E-state index in [0.29, 0.717) is 19.0 Å². The van der Waals surface area contributed by atoms with Gasteiger partial charge in [0.25, 0.3) is 5.69 Å². The number of nitro benzene ring substituents is 1. The molecule has 0 spiro atoms. The summed E-state index contributed by atoms with van der Waals surface area (Å²) >= 11 is 0. The van der Waals surface area contributed by atoms with Crippen LogP contribution in [0.2, 0.25) is 0 Å². The molecule has 2 aliphatic rings. The summed E-state index contributed by atoms with van der Waals surface area (Å²) in [5, 5.41) is 11.1. The van der Waals surface area contributed by atoms with Crippen LogP contribution in [-0.4, -0.2) is 18.0 Å². The van der Waals surface area contributed by atoms with Crippen LogP contribution in [0.5, 0.6) is 0 Å². The molecule has 7 heteroatoms. The van der Waals surface area contributed by atoms with Gasteiger partial charge in [-0.3, -0.25) is 10.1 Å². The SMILES string of the molecule is O=[N+]([O-])c1ccc(C(F)(F)F)cc1N1CCC(C2CC2)CC1. The summed E-state index contributed by atoms with van der Waals surface area (Å²) in [6.07, 6.45) is -0.199. The Labute approximate surface area is 126 Å². The molecule has 1 aromatic carbocycles. The maximum atomic E-state index is 12.9. The largest absolute Gasteiger partial charge is 0.416 e. The molecule has 0 bridgehead atoms. The fraction of sp³-hybridized carbons (Fsp3) is 0.600. The number of benzene rings is 1. The van der Waals surface area contributed by atoms with Crippen molar-refractivity contribution in [2.75, 3.05) is 18.0 Å². The molecule has 0 amide bonds. The van der Waals surface area contributed by atoms with Crippen LogP contribution < -0.4 is 4.90 Å². The molecule has 0 aromatic heterocycles. The summed E-state index contributed by atoms with van der Waals surface area (Å²) in [5.74, 6) is 1.39. The average molecular weight is 314 g/mol. The predicted molar refractivity (Wildman–Crippen MR) is 75.8 cm³/mol. The van der Waals surface area contributed by atoms with Crippen LogP contribution in [0.1, 0.15) is 31.2 Å². The first-order valence-electron chi connectivity index (χ1n) is 7.47. The minimum Gasteiger partial charge on any atom is -0.366 e. The number of alkyl halides is 3. The van der Waals surface area contributed by atoms with Gasteiger partial charge in [-0.25, -0.2) is 0 Å². The van der Waals surface area contributed by atoms with Crippen LogP contribution >= 0.6 is 0 Å². The summed E-state index contributed by atoms with van der Waals surface area (Å²) < 4.78 is 38.6. The third kappa shape index (κ3) is 3.03. The Morgan fingerprint density at radius 1 is 1.09 bits per heavy atom. The van der Waals surface area contributed by atoms with Gasteiger partial charge in [-0.2, -0.15) is 13.2 Å². The summed E-state index contributed by atoms with van der Waals surface area (Å²) in [5.41, 5.74) is -0.996. The topological polar surface area (TPSA) is 46.4 Å². The minimum atomic E-state index is -4.49. The van der Waals surface area contributed by atoms with E-state index in [0.717, 1.165) is 37.0 Å². The predicted octanol–water partition coefficient (Wildman–Crippen LogP) is 4.24. The fourth-order valence-corrected chi connectivity index (χ4v) is 3.29. The van der Waals surface area contributed by atoms with Crippen LogP contribution in [-0.2, 0) is 6.18 Å². The number of hydrogen-bond donors (Lipinski definition) is 0. The zero-order valence-corrected chi connectivity index (χ0v) is 12.0. The molecule has 4 nitrogen and oxygen atoms in total. The molecule has 1 heterocycles. The lowest BCUT2D eigenvalue weighted by atomic mass is 9.91. The van der Waals surface area contributed by atoms with Gasteiger partial charge in [0, 0.05) is 19.2 Å². The van der Waals surface area contributed by atoms with Crippen molar-refractivity contribution in [2.45, 2.75) is 31.9 Å². The molecule has 1 aromatic rings. The summed E-state index contributed by atoms with van der Waals surface area (Å²) in [6, 6.07) is 2.65. The second kappa shape index (κ2) is 5.44. The molecule has 1 saturated carbocycles. The van der Waals surface area contributed by atoms with Crippen LogP contribution in [0.4, 0.5) is 24.5 Å². The lowest BCUT2D eigenvalue weighted by Gasteiger charge is -2.33. The lowest BCUT2D eigenvalue weighted by molar-refractivity contribution is -0.384. The van der Waals surface area contributed by atoms with Gasteiger partial charge in [0.2, 0.25) is 0 Å². The standard InChI is InChI=1S/C15H17F3N2O2/c16-15(17,18)12-3-4-13(20(21)22)14(9-12)19-7-5-11(6-8-19)10-1-2-10/h3-4,9-11H,1-2,5-8H2. The number of rotatable bonds is 3. The van der Waals surface area contributed by atoms with E-state index < -0.39 is 16.7 Å². The van der Waals surface area contributed by atoms with E-state index in [1.165, 1.54) is 12.8 Å². The van der Waals surface area contributed by atoms with Gasteiger partial charge >= 0.3 is 6.18 Å². The van der Waals surface area contributed by atoms with Gasteiger partial charge in [-0.1, -0.05) is 0 Å². The number of nitro groups is 1. The van der Waals surface area contributed by atoms with E-state index in [1.54, 1.807) is 4.90 Å². The second-order valence-electron chi connectivity index (χ2n) is 6.12. The molecule has 0 atom stereocenters. The van der Waals surface area contributed by atoms with Crippen molar-refractivity contribution in [3.63, 3.8) is 0 Å². The molecule has 1 aliphatic carbocycles. The van der Waals surface area contributed by atoms with Crippen molar-refractivity contribution >= 4 is 11.4 Å². The van der Waals surface area contributed by atoms with E-state index in [-0.39, 0.29) is 11.4 Å². The van der Waals surface area contributed by atoms with Crippen molar-refractivity contribution < 1.29 is 18.1 Å². The Balaban J connectivity index is 1.85. The van der Waals surface area contributed by atoms with Gasteiger partial charge in [-0.05, 0) is 49.7 Å². The van der Waals surface area contributed by atoms with E-state index in [2.05, 4.69) is 0 Å². The Kier molecular flexibility index (Phi) is 3.74. The number of nitrogens with zero attached hydrogens (tertiary/aromatic N) is 2. The van der Waals surface area contributed by atoms with Gasteiger partial charge in [0.1, 0.15) is 5.69 Å². The Morgan fingerprint density at radius 3 is 2.18 bits per heavy atom. The molecule has 120 valence electrons. The van der Waals surface area contributed by atoms with Gasteiger partial charge in [0.05, 0.1) is 10.5 Å². The number of hydrogen-bond acceptors (Lipinski definition) is 3. The van der Waals surface area contributed by atoms with Crippen LogP contribution in [0.25, 0.3) is 0 Å². The Morgan fingerprint density at radius 2 is 1.68 bits per heavy atom. The maximum absolute atomic E-state index is 12.9. The van der Waals surface area contributed by atoms with Crippen molar-refractivity contribution in [1.82, 2.24) is 0 Å². The lowest BCUT2D eigenvalue weighted by Crippen LogP contribution is -2.34. The molecule has 0 N–H and O–H groups in total. The molecule has 22 heavy (non-hydrogen) atoms. The third-order valence-electron chi connectivity index (χ3n) is 4.67. The van der Waals surface area contributed by atoms with Crippen molar-refractivity contribution in [2.24, 2.45) is 11.8 Å². The van der Waals surface area contributed by atoms with Gasteiger partial charge in [-0.15, -0.1) is 0 Å². The number of piperidine rings is 1. The zero-order chi connectivity index (χ0) is 15.9. The van der Waals surface area contributed by atoms with Gasteiger partial charge < -0.3 is 4.90 Å². The third-order valence-corrected chi connectivity index (χ3v) is 4.67. The quantitative estimate of drug-likeness (QED) is 0.619. The monoisotopic (exact) mass is 314 g/mol. The summed E-state index contributed by atoms with van der Waals surface area (Å²) in [4.78, 5) is 12.2. The number of halogens is 3. The van der Waals surface area contributed by atoms with Crippen LogP contribution in [0.15, 0.2) is 18.2 Å². The highest BCUT2D eigenvalue weighted by Gasteiger charge is 2.36. The molecule has 0 unspecified atom stereocenters. The van der Waals surface area contributed by atoms with E-state index >= 15 is 0 Å². The Bertz CT molecular complexity index is 577. The molecule has 1 aliphatic heterocycles.